The minimum Gasteiger partial charge on any atom is -0.466 e. The van der Waals surface area contributed by atoms with E-state index in [0.717, 1.165) is 31.7 Å². The molecule has 0 unspecified atom stereocenters. The lowest BCUT2D eigenvalue weighted by Gasteiger charge is -2.22. The fourth-order valence-electron chi connectivity index (χ4n) is 2.45. The molecule has 1 aromatic heterocycles. The molecule has 0 spiro atoms. The quantitative estimate of drug-likeness (QED) is 0.486. The van der Waals surface area contributed by atoms with Gasteiger partial charge in [0.2, 0.25) is 0 Å². The van der Waals surface area contributed by atoms with Crippen molar-refractivity contribution in [2.24, 2.45) is 0 Å². The average Bonchev–Trinajstić information content (AvgIpc) is 2.97. The van der Waals surface area contributed by atoms with E-state index in [4.69, 9.17) is 4.74 Å². The van der Waals surface area contributed by atoms with Gasteiger partial charge in [-0.25, -0.2) is 4.79 Å². The summed E-state index contributed by atoms with van der Waals surface area (Å²) in [7, 11) is 1.33. The molecular formula is C16H23N3O4. The molecule has 0 atom stereocenters. The summed E-state index contributed by atoms with van der Waals surface area (Å²) in [6, 6.07) is 0.298. The number of hydrogen-bond acceptors (Lipinski definition) is 5. The number of carbonyl (C=O) groups excluding carboxylic acids is 2. The van der Waals surface area contributed by atoms with Crippen LogP contribution in [-0.4, -0.2) is 48.5 Å². The van der Waals surface area contributed by atoms with E-state index in [-0.39, 0.29) is 5.91 Å². The second kappa shape index (κ2) is 8.47. The normalized spacial score (nSPS) is 15.7. The lowest BCUT2D eigenvalue weighted by atomic mass is 10.1. The van der Waals surface area contributed by atoms with Crippen molar-refractivity contribution in [3.8, 4) is 0 Å². The molecule has 0 bridgehead atoms. The standard InChI is InChI=1S/C16H23N3O4/c1-12-14(11-19(18-12)13-6-9-23-10-7-13)16(21)17-8-4-3-5-15(20)22-2/h3,5,11,13H,4,6-10H2,1-2H3,(H,17,21)/b5-3+. The molecule has 1 saturated heterocycles. The van der Waals surface area contributed by atoms with E-state index in [0.29, 0.717) is 24.6 Å². The fourth-order valence-corrected chi connectivity index (χ4v) is 2.45. The van der Waals surface area contributed by atoms with Gasteiger partial charge >= 0.3 is 5.97 Å². The van der Waals surface area contributed by atoms with Crippen molar-refractivity contribution >= 4 is 11.9 Å². The first-order valence-electron chi connectivity index (χ1n) is 7.78. The van der Waals surface area contributed by atoms with Crippen molar-refractivity contribution < 1.29 is 19.1 Å². The Labute approximate surface area is 135 Å². The van der Waals surface area contributed by atoms with Crippen molar-refractivity contribution in [1.29, 1.82) is 0 Å². The zero-order valence-corrected chi connectivity index (χ0v) is 13.6. The van der Waals surface area contributed by atoms with Crippen LogP contribution < -0.4 is 5.32 Å². The van der Waals surface area contributed by atoms with Gasteiger partial charge < -0.3 is 14.8 Å². The topological polar surface area (TPSA) is 82.5 Å². The molecule has 1 aliphatic rings. The molecule has 1 aromatic rings. The van der Waals surface area contributed by atoms with Crippen molar-refractivity contribution in [2.75, 3.05) is 26.9 Å². The number of rotatable bonds is 6. The molecule has 126 valence electrons. The maximum Gasteiger partial charge on any atom is 0.330 e. The third-order valence-electron chi connectivity index (χ3n) is 3.78. The molecule has 2 heterocycles. The molecule has 7 heteroatoms. The predicted octanol–water partition coefficient (Wildman–Crippen LogP) is 1.39. The zero-order chi connectivity index (χ0) is 16.7. The molecule has 0 aromatic carbocycles. The van der Waals surface area contributed by atoms with Gasteiger partial charge in [-0.1, -0.05) is 6.08 Å². The van der Waals surface area contributed by atoms with Crippen LogP contribution in [0.15, 0.2) is 18.3 Å². The summed E-state index contributed by atoms with van der Waals surface area (Å²) in [5.41, 5.74) is 1.31. The molecule has 0 aliphatic carbocycles. The summed E-state index contributed by atoms with van der Waals surface area (Å²) in [6.07, 6.45) is 7.23. The highest BCUT2D eigenvalue weighted by Gasteiger charge is 2.20. The van der Waals surface area contributed by atoms with Crippen molar-refractivity contribution in [2.45, 2.75) is 32.2 Å². The average molecular weight is 321 g/mol. The van der Waals surface area contributed by atoms with Crippen LogP contribution in [0, 0.1) is 6.92 Å². The highest BCUT2D eigenvalue weighted by molar-refractivity contribution is 5.95. The summed E-state index contributed by atoms with van der Waals surface area (Å²) in [5.74, 6) is -0.544. The molecular weight excluding hydrogens is 298 g/mol. The first-order valence-corrected chi connectivity index (χ1v) is 7.78. The Balaban J connectivity index is 1.85. The number of carbonyl (C=O) groups is 2. The van der Waals surface area contributed by atoms with Gasteiger partial charge in [-0.15, -0.1) is 0 Å². The van der Waals surface area contributed by atoms with Gasteiger partial charge in [-0.3, -0.25) is 9.48 Å². The number of esters is 1. The molecule has 7 nitrogen and oxygen atoms in total. The first-order chi connectivity index (χ1) is 11.1. The Hall–Kier alpha value is -2.15. The van der Waals surface area contributed by atoms with Gasteiger partial charge in [-0.2, -0.15) is 5.10 Å². The Morgan fingerprint density at radius 1 is 1.48 bits per heavy atom. The summed E-state index contributed by atoms with van der Waals surface area (Å²) in [5, 5.41) is 7.29. The third kappa shape index (κ3) is 4.92. The number of nitrogens with zero attached hydrogens (tertiary/aromatic N) is 2. The van der Waals surface area contributed by atoms with E-state index in [1.807, 2.05) is 17.8 Å². The van der Waals surface area contributed by atoms with Gasteiger partial charge in [0, 0.05) is 32.0 Å². The molecule has 0 radical (unpaired) electrons. The van der Waals surface area contributed by atoms with Crippen LogP contribution in [0.2, 0.25) is 0 Å². The number of nitrogens with one attached hydrogen (secondary N) is 1. The Morgan fingerprint density at radius 2 is 2.22 bits per heavy atom. The van der Waals surface area contributed by atoms with E-state index in [1.54, 1.807) is 6.08 Å². The molecule has 1 aliphatic heterocycles. The summed E-state index contributed by atoms with van der Waals surface area (Å²) < 4.78 is 11.7. The first kappa shape index (κ1) is 17.2. The lowest BCUT2D eigenvalue weighted by Crippen LogP contribution is -2.24. The molecule has 1 N–H and O–H groups in total. The zero-order valence-electron chi connectivity index (χ0n) is 13.6. The van der Waals surface area contributed by atoms with Crippen LogP contribution in [0.1, 0.15) is 41.4 Å². The van der Waals surface area contributed by atoms with E-state index < -0.39 is 5.97 Å². The number of methoxy groups -OCH3 is 1. The summed E-state index contributed by atoms with van der Waals surface area (Å²) in [4.78, 5) is 23.1. The molecule has 1 fully saturated rings. The van der Waals surface area contributed by atoms with Gasteiger partial charge in [0.1, 0.15) is 0 Å². The largest absolute Gasteiger partial charge is 0.466 e. The number of aryl methyl sites for hydroxylation is 1. The van der Waals surface area contributed by atoms with Crippen LogP contribution >= 0.6 is 0 Å². The Morgan fingerprint density at radius 3 is 2.91 bits per heavy atom. The van der Waals surface area contributed by atoms with Crippen LogP contribution in [0.3, 0.4) is 0 Å². The predicted molar refractivity (Wildman–Crippen MR) is 84.2 cm³/mol. The summed E-state index contributed by atoms with van der Waals surface area (Å²) in [6.45, 7) is 3.76. The van der Waals surface area contributed by atoms with E-state index in [1.165, 1.54) is 13.2 Å². The maximum absolute atomic E-state index is 12.2. The van der Waals surface area contributed by atoms with Crippen molar-refractivity contribution in [3.63, 3.8) is 0 Å². The fraction of sp³-hybridized carbons (Fsp3) is 0.562. The molecule has 2 rings (SSSR count). The molecule has 1 amide bonds. The third-order valence-corrected chi connectivity index (χ3v) is 3.78. The van der Waals surface area contributed by atoms with Gasteiger partial charge in [-0.05, 0) is 26.2 Å². The van der Waals surface area contributed by atoms with Crippen LogP contribution in [0.25, 0.3) is 0 Å². The Bertz CT molecular complexity index is 574. The van der Waals surface area contributed by atoms with Gasteiger partial charge in [0.05, 0.1) is 24.4 Å². The lowest BCUT2D eigenvalue weighted by molar-refractivity contribution is -0.134. The Kier molecular flexibility index (Phi) is 6.34. The van der Waals surface area contributed by atoms with E-state index in [9.17, 15) is 9.59 Å². The highest BCUT2D eigenvalue weighted by Crippen LogP contribution is 2.21. The summed E-state index contributed by atoms with van der Waals surface area (Å²) >= 11 is 0. The van der Waals surface area contributed by atoms with Crippen LogP contribution in [-0.2, 0) is 14.3 Å². The van der Waals surface area contributed by atoms with Crippen molar-refractivity contribution in [3.05, 3.63) is 29.6 Å². The SMILES string of the molecule is COC(=O)/C=C/CCNC(=O)c1cn(C2CCOCC2)nc1C. The van der Waals surface area contributed by atoms with Crippen LogP contribution in [0.5, 0.6) is 0 Å². The minimum atomic E-state index is -0.398. The van der Waals surface area contributed by atoms with Crippen LogP contribution in [0.4, 0.5) is 0 Å². The minimum absolute atomic E-state index is 0.146. The molecule has 23 heavy (non-hydrogen) atoms. The monoisotopic (exact) mass is 321 g/mol. The van der Waals surface area contributed by atoms with E-state index >= 15 is 0 Å². The smallest absolute Gasteiger partial charge is 0.330 e. The van der Waals surface area contributed by atoms with Crippen molar-refractivity contribution in [1.82, 2.24) is 15.1 Å². The molecule has 0 saturated carbocycles. The number of amides is 1. The number of aromatic nitrogens is 2. The van der Waals surface area contributed by atoms with E-state index in [2.05, 4.69) is 15.2 Å². The van der Waals surface area contributed by atoms with Gasteiger partial charge in [0.15, 0.2) is 0 Å². The number of ether oxygens (including phenoxy) is 2. The maximum atomic E-state index is 12.2. The number of hydrogen-bond donors (Lipinski definition) is 1. The highest BCUT2D eigenvalue weighted by atomic mass is 16.5. The second-order valence-electron chi connectivity index (χ2n) is 5.42. The van der Waals surface area contributed by atoms with Gasteiger partial charge in [0.25, 0.3) is 5.91 Å². The second-order valence-corrected chi connectivity index (χ2v) is 5.42.